The van der Waals surface area contributed by atoms with Crippen LogP contribution in [0.3, 0.4) is 0 Å². The average Bonchev–Trinajstić information content (AvgIpc) is 2.76. The third-order valence-corrected chi connectivity index (χ3v) is 5.43. The van der Waals surface area contributed by atoms with E-state index < -0.39 is 9.05 Å². The summed E-state index contributed by atoms with van der Waals surface area (Å²) >= 11 is 4.77. The summed E-state index contributed by atoms with van der Waals surface area (Å²) in [6, 6.07) is 4.72. The fourth-order valence-electron chi connectivity index (χ4n) is 1.61. The van der Waals surface area contributed by atoms with Gasteiger partial charge in [-0.1, -0.05) is 15.9 Å². The first-order valence-electron chi connectivity index (χ1n) is 5.64. The summed E-state index contributed by atoms with van der Waals surface area (Å²) in [6.45, 7) is 2.30. The van der Waals surface area contributed by atoms with Crippen LogP contribution in [0.15, 0.2) is 33.1 Å². The van der Waals surface area contributed by atoms with Crippen LogP contribution in [0.2, 0.25) is 0 Å². The summed E-state index contributed by atoms with van der Waals surface area (Å²) in [4.78, 5) is 5.24. The molecule has 4 nitrogen and oxygen atoms in total. The van der Waals surface area contributed by atoms with Crippen LogP contribution in [0, 0.1) is 6.92 Å². The van der Waals surface area contributed by atoms with Crippen molar-refractivity contribution in [1.29, 1.82) is 0 Å². The fourth-order valence-corrected chi connectivity index (χ4v) is 3.88. The van der Waals surface area contributed by atoms with Gasteiger partial charge in [0.15, 0.2) is 0 Å². The molecule has 0 aliphatic heterocycles. The first-order chi connectivity index (χ1) is 9.38. The van der Waals surface area contributed by atoms with E-state index in [1.807, 2.05) is 6.92 Å². The van der Waals surface area contributed by atoms with Gasteiger partial charge in [-0.25, -0.2) is 13.4 Å². The minimum atomic E-state index is -3.84. The molecule has 2 aromatic rings. The fraction of sp³-hybridized carbons (Fsp3) is 0.250. The zero-order valence-electron chi connectivity index (χ0n) is 10.5. The minimum Gasteiger partial charge on any atom is -0.492 e. The van der Waals surface area contributed by atoms with E-state index in [2.05, 4.69) is 20.9 Å². The van der Waals surface area contributed by atoms with Crippen molar-refractivity contribution in [2.45, 2.75) is 18.2 Å². The van der Waals surface area contributed by atoms with E-state index in [9.17, 15) is 8.42 Å². The zero-order chi connectivity index (χ0) is 14.8. The summed E-state index contributed by atoms with van der Waals surface area (Å²) in [5.41, 5.74) is 2.75. The molecule has 0 fully saturated rings. The third-order valence-electron chi connectivity index (χ3n) is 2.60. The van der Waals surface area contributed by atoms with Crippen LogP contribution < -0.4 is 4.74 Å². The molecule has 0 saturated heterocycles. The number of halogens is 2. The molecule has 20 heavy (non-hydrogen) atoms. The van der Waals surface area contributed by atoms with E-state index in [1.54, 1.807) is 29.0 Å². The Hall–Kier alpha value is -0.630. The lowest BCUT2D eigenvalue weighted by atomic mass is 10.3. The van der Waals surface area contributed by atoms with Crippen LogP contribution in [0.25, 0.3) is 0 Å². The summed E-state index contributed by atoms with van der Waals surface area (Å²) in [5.74, 6) is 0.255. The van der Waals surface area contributed by atoms with Crippen molar-refractivity contribution in [3.8, 4) is 5.75 Å². The number of thiazole rings is 1. The predicted molar refractivity (Wildman–Crippen MR) is 83.2 cm³/mol. The van der Waals surface area contributed by atoms with E-state index in [-0.39, 0.29) is 10.6 Å². The normalized spacial score (nSPS) is 11.6. The lowest BCUT2D eigenvalue weighted by molar-refractivity contribution is 0.314. The number of benzene rings is 1. The highest BCUT2D eigenvalue weighted by Gasteiger charge is 2.17. The van der Waals surface area contributed by atoms with Crippen LogP contribution in [-0.2, 0) is 15.5 Å². The molecule has 0 spiro atoms. The van der Waals surface area contributed by atoms with Gasteiger partial charge in [0.1, 0.15) is 10.6 Å². The van der Waals surface area contributed by atoms with Crippen LogP contribution in [0.5, 0.6) is 5.75 Å². The Morgan fingerprint density at radius 1 is 1.45 bits per heavy atom. The molecule has 0 saturated carbocycles. The van der Waals surface area contributed by atoms with Gasteiger partial charge in [-0.15, -0.1) is 11.3 Å². The lowest BCUT2D eigenvalue weighted by Gasteiger charge is -2.09. The summed E-state index contributed by atoms with van der Waals surface area (Å²) in [5, 5.41) is 0. The number of hydrogen-bond acceptors (Lipinski definition) is 5. The van der Waals surface area contributed by atoms with Gasteiger partial charge in [-0.2, -0.15) is 0 Å². The Kier molecular flexibility index (Phi) is 5.06. The molecule has 0 bridgehead atoms. The molecule has 1 aromatic carbocycles. The molecule has 0 radical (unpaired) electrons. The number of aromatic nitrogens is 1. The van der Waals surface area contributed by atoms with E-state index >= 15 is 0 Å². The van der Waals surface area contributed by atoms with Gasteiger partial charge >= 0.3 is 0 Å². The van der Waals surface area contributed by atoms with Crippen molar-refractivity contribution in [2.24, 2.45) is 0 Å². The van der Waals surface area contributed by atoms with Gasteiger partial charge in [-0.05, 0) is 25.1 Å². The summed E-state index contributed by atoms with van der Waals surface area (Å²) in [7, 11) is 1.56. The molecule has 0 N–H and O–H groups in total. The Morgan fingerprint density at radius 2 is 2.20 bits per heavy atom. The standard InChI is InChI=1S/C12H11BrClNO3S2/c1-8-11(19-7-15-8)4-5-18-10-3-2-9(13)6-12(10)20(14,16)17/h2-3,6-7H,4-5H2,1H3. The van der Waals surface area contributed by atoms with Gasteiger partial charge in [0.2, 0.25) is 0 Å². The summed E-state index contributed by atoms with van der Waals surface area (Å²) in [6.07, 6.45) is 0.675. The van der Waals surface area contributed by atoms with Gasteiger partial charge in [0.05, 0.1) is 17.8 Å². The highest BCUT2D eigenvalue weighted by Crippen LogP contribution is 2.30. The van der Waals surface area contributed by atoms with Crippen LogP contribution in [-0.4, -0.2) is 20.0 Å². The lowest BCUT2D eigenvalue weighted by Crippen LogP contribution is -2.04. The zero-order valence-corrected chi connectivity index (χ0v) is 14.4. The Balaban J connectivity index is 2.12. The highest BCUT2D eigenvalue weighted by molar-refractivity contribution is 9.10. The van der Waals surface area contributed by atoms with Gasteiger partial charge < -0.3 is 4.74 Å². The second-order valence-electron chi connectivity index (χ2n) is 3.99. The van der Waals surface area contributed by atoms with Crippen LogP contribution >= 0.6 is 37.9 Å². The van der Waals surface area contributed by atoms with Gasteiger partial charge in [0.25, 0.3) is 9.05 Å². The van der Waals surface area contributed by atoms with E-state index in [1.165, 1.54) is 6.07 Å². The molecule has 1 aromatic heterocycles. The van der Waals surface area contributed by atoms with Crippen molar-refractivity contribution in [1.82, 2.24) is 4.98 Å². The smallest absolute Gasteiger partial charge is 0.265 e. The van der Waals surface area contributed by atoms with E-state index in [0.29, 0.717) is 17.5 Å². The maximum Gasteiger partial charge on any atom is 0.265 e. The molecule has 108 valence electrons. The largest absolute Gasteiger partial charge is 0.492 e. The number of rotatable bonds is 5. The molecule has 8 heteroatoms. The first kappa shape index (κ1) is 15.8. The number of aryl methyl sites for hydroxylation is 1. The second-order valence-corrected chi connectivity index (χ2v) is 8.38. The van der Waals surface area contributed by atoms with Crippen molar-refractivity contribution in [2.75, 3.05) is 6.61 Å². The molecule has 0 amide bonds. The Morgan fingerprint density at radius 3 is 2.80 bits per heavy atom. The molecule has 1 heterocycles. The first-order valence-corrected chi connectivity index (χ1v) is 9.62. The minimum absolute atomic E-state index is 0.0328. The Bertz CT molecular complexity index is 715. The van der Waals surface area contributed by atoms with Crippen molar-refractivity contribution in [3.63, 3.8) is 0 Å². The molecule has 0 aliphatic carbocycles. The maximum absolute atomic E-state index is 11.5. The number of nitrogens with zero attached hydrogens (tertiary/aromatic N) is 1. The van der Waals surface area contributed by atoms with Crippen molar-refractivity contribution >= 4 is 47.0 Å². The SMILES string of the molecule is Cc1ncsc1CCOc1ccc(Br)cc1S(=O)(=O)Cl. The average molecular weight is 397 g/mol. The van der Waals surface area contributed by atoms with E-state index in [4.69, 9.17) is 15.4 Å². The van der Waals surface area contributed by atoms with Crippen LogP contribution in [0.4, 0.5) is 0 Å². The summed E-state index contributed by atoms with van der Waals surface area (Å²) < 4.78 is 29.2. The van der Waals surface area contributed by atoms with Gasteiger partial charge in [-0.3, -0.25) is 0 Å². The molecular formula is C12H11BrClNO3S2. The quantitative estimate of drug-likeness (QED) is 0.722. The predicted octanol–water partition coefficient (Wildman–Crippen LogP) is 3.76. The van der Waals surface area contributed by atoms with Crippen LogP contribution in [0.1, 0.15) is 10.6 Å². The van der Waals surface area contributed by atoms with Crippen molar-refractivity contribution in [3.05, 3.63) is 38.8 Å². The number of ether oxygens (including phenoxy) is 1. The van der Waals surface area contributed by atoms with Crippen molar-refractivity contribution < 1.29 is 13.2 Å². The third kappa shape index (κ3) is 3.94. The molecule has 2 rings (SSSR count). The maximum atomic E-state index is 11.5. The molecule has 0 aliphatic rings. The van der Waals surface area contributed by atoms with E-state index in [0.717, 1.165) is 10.6 Å². The Labute approximate surface area is 134 Å². The molecular weight excluding hydrogens is 386 g/mol. The highest BCUT2D eigenvalue weighted by atomic mass is 79.9. The molecule has 0 unspecified atom stereocenters. The topological polar surface area (TPSA) is 56.3 Å². The number of hydrogen-bond donors (Lipinski definition) is 0. The van der Waals surface area contributed by atoms with Gasteiger partial charge in [0, 0.05) is 26.5 Å². The second kappa shape index (κ2) is 6.43. The monoisotopic (exact) mass is 395 g/mol. The molecule has 0 atom stereocenters.